The second kappa shape index (κ2) is 4.62. The van der Waals surface area contributed by atoms with E-state index in [2.05, 4.69) is 15.9 Å². The molecule has 2 heteroatoms. The van der Waals surface area contributed by atoms with E-state index >= 15 is 0 Å². The summed E-state index contributed by atoms with van der Waals surface area (Å²) in [6, 6.07) is 15.0. The van der Waals surface area contributed by atoms with Crippen LogP contribution < -0.4 is 0 Å². The van der Waals surface area contributed by atoms with Gasteiger partial charge in [0, 0.05) is 15.6 Å². The van der Waals surface area contributed by atoms with Crippen LogP contribution >= 0.6 is 15.9 Å². The number of carbonyl (C=O) groups is 1. The highest BCUT2D eigenvalue weighted by Crippen LogP contribution is 2.14. The normalized spacial score (nSPS) is 10.1. The average Bonchev–Trinajstić information content (AvgIpc) is 2.30. The first-order chi connectivity index (χ1) is 7.66. The van der Waals surface area contributed by atoms with Gasteiger partial charge in [0.1, 0.15) is 0 Å². The molecule has 80 valence electrons. The van der Waals surface area contributed by atoms with Gasteiger partial charge < -0.3 is 0 Å². The molecule has 0 atom stereocenters. The number of aryl methyl sites for hydroxylation is 1. The highest BCUT2D eigenvalue weighted by atomic mass is 79.9. The fourth-order valence-corrected chi connectivity index (χ4v) is 1.74. The zero-order valence-corrected chi connectivity index (χ0v) is 10.5. The van der Waals surface area contributed by atoms with Gasteiger partial charge in [-0.3, -0.25) is 4.79 Å². The van der Waals surface area contributed by atoms with Gasteiger partial charge in [-0.2, -0.15) is 0 Å². The Morgan fingerprint density at radius 3 is 1.81 bits per heavy atom. The van der Waals surface area contributed by atoms with Crippen LogP contribution in [0, 0.1) is 6.92 Å². The number of ketones is 1. The molecule has 0 bridgehead atoms. The first-order valence-electron chi connectivity index (χ1n) is 5.04. The fraction of sp³-hybridized carbons (Fsp3) is 0.0714. The zero-order valence-electron chi connectivity index (χ0n) is 8.91. The molecule has 0 unspecified atom stereocenters. The Hall–Kier alpha value is -1.41. The van der Waals surface area contributed by atoms with E-state index in [1.165, 1.54) is 0 Å². The van der Waals surface area contributed by atoms with Crippen LogP contribution in [-0.4, -0.2) is 5.78 Å². The largest absolute Gasteiger partial charge is 0.289 e. The van der Waals surface area contributed by atoms with Crippen LogP contribution in [0.2, 0.25) is 0 Å². The molecule has 0 aliphatic carbocycles. The maximum absolute atomic E-state index is 12.1. The first-order valence-corrected chi connectivity index (χ1v) is 5.83. The number of hydrogen-bond acceptors (Lipinski definition) is 1. The minimum Gasteiger partial charge on any atom is -0.289 e. The number of hydrogen-bond donors (Lipinski definition) is 0. The second-order valence-corrected chi connectivity index (χ2v) is 4.62. The fourth-order valence-electron chi connectivity index (χ4n) is 1.47. The van der Waals surface area contributed by atoms with Crippen molar-refractivity contribution in [2.75, 3.05) is 0 Å². The van der Waals surface area contributed by atoms with Gasteiger partial charge in [0.05, 0.1) is 0 Å². The third-order valence-corrected chi connectivity index (χ3v) is 2.95. The van der Waals surface area contributed by atoms with Gasteiger partial charge in [0.2, 0.25) is 0 Å². The standard InChI is InChI=1S/C14H11BrO/c1-10-2-4-11(5-3-10)14(16)12-6-8-13(15)9-7-12/h2-9H,1H3. The molecule has 0 saturated heterocycles. The zero-order chi connectivity index (χ0) is 11.5. The van der Waals surface area contributed by atoms with Crippen LogP contribution in [0.25, 0.3) is 0 Å². The summed E-state index contributed by atoms with van der Waals surface area (Å²) < 4.78 is 0.980. The van der Waals surface area contributed by atoms with Crippen molar-refractivity contribution in [3.63, 3.8) is 0 Å². The molecule has 0 radical (unpaired) electrons. The third-order valence-electron chi connectivity index (χ3n) is 2.42. The summed E-state index contributed by atoms with van der Waals surface area (Å²) in [5.74, 6) is 0.0625. The monoisotopic (exact) mass is 274 g/mol. The molecular weight excluding hydrogens is 264 g/mol. The Bertz CT molecular complexity index is 450. The predicted octanol–water partition coefficient (Wildman–Crippen LogP) is 3.99. The van der Waals surface area contributed by atoms with Gasteiger partial charge in [-0.05, 0) is 31.2 Å². The minimum atomic E-state index is 0.0625. The summed E-state index contributed by atoms with van der Waals surface area (Å²) in [5.41, 5.74) is 2.60. The third kappa shape index (κ3) is 2.39. The molecule has 2 rings (SSSR count). The molecule has 1 nitrogen and oxygen atoms in total. The lowest BCUT2D eigenvalue weighted by atomic mass is 10.0. The molecule has 0 N–H and O–H groups in total. The number of halogens is 1. The van der Waals surface area contributed by atoms with Gasteiger partial charge >= 0.3 is 0 Å². The van der Waals surface area contributed by atoms with Gasteiger partial charge in [-0.1, -0.05) is 45.8 Å². The number of benzene rings is 2. The summed E-state index contributed by atoms with van der Waals surface area (Å²) in [7, 11) is 0. The molecule has 0 aromatic heterocycles. The molecule has 0 aliphatic rings. The smallest absolute Gasteiger partial charge is 0.193 e. The summed E-state index contributed by atoms with van der Waals surface area (Å²) in [6.07, 6.45) is 0. The molecule has 16 heavy (non-hydrogen) atoms. The van der Waals surface area contributed by atoms with Crippen LogP contribution in [0.4, 0.5) is 0 Å². The maximum atomic E-state index is 12.1. The van der Waals surface area contributed by atoms with Crippen LogP contribution in [0.3, 0.4) is 0 Å². The first kappa shape index (κ1) is 11.1. The van der Waals surface area contributed by atoms with E-state index in [4.69, 9.17) is 0 Å². The quantitative estimate of drug-likeness (QED) is 0.757. The lowest BCUT2D eigenvalue weighted by Gasteiger charge is -2.01. The van der Waals surface area contributed by atoms with Crippen molar-refractivity contribution in [1.82, 2.24) is 0 Å². The van der Waals surface area contributed by atoms with Crippen LogP contribution in [0.5, 0.6) is 0 Å². The SMILES string of the molecule is Cc1ccc(C(=O)c2ccc(Br)cc2)cc1. The van der Waals surface area contributed by atoms with E-state index < -0.39 is 0 Å². The van der Waals surface area contributed by atoms with Crippen molar-refractivity contribution in [1.29, 1.82) is 0 Å². The van der Waals surface area contributed by atoms with Crippen LogP contribution in [-0.2, 0) is 0 Å². The Balaban J connectivity index is 2.32. The van der Waals surface area contributed by atoms with Gasteiger partial charge in [0.25, 0.3) is 0 Å². The van der Waals surface area contributed by atoms with Crippen molar-refractivity contribution >= 4 is 21.7 Å². The van der Waals surface area contributed by atoms with Crippen molar-refractivity contribution in [3.8, 4) is 0 Å². The molecular formula is C14H11BrO. The molecule has 0 fully saturated rings. The molecule has 2 aromatic rings. The Kier molecular flexibility index (Phi) is 3.20. The van der Waals surface area contributed by atoms with E-state index in [9.17, 15) is 4.79 Å². The van der Waals surface area contributed by atoms with E-state index in [-0.39, 0.29) is 5.78 Å². The van der Waals surface area contributed by atoms with E-state index in [1.807, 2.05) is 55.5 Å². The maximum Gasteiger partial charge on any atom is 0.193 e. The molecule has 0 spiro atoms. The molecule has 2 aromatic carbocycles. The summed E-state index contributed by atoms with van der Waals surface area (Å²) >= 11 is 3.35. The highest BCUT2D eigenvalue weighted by Gasteiger charge is 2.07. The van der Waals surface area contributed by atoms with Crippen molar-refractivity contribution in [2.45, 2.75) is 6.92 Å². The number of carbonyl (C=O) groups excluding carboxylic acids is 1. The topological polar surface area (TPSA) is 17.1 Å². The van der Waals surface area contributed by atoms with Crippen molar-refractivity contribution in [2.24, 2.45) is 0 Å². The summed E-state index contributed by atoms with van der Waals surface area (Å²) in [6.45, 7) is 2.01. The summed E-state index contributed by atoms with van der Waals surface area (Å²) in [4.78, 5) is 12.1. The van der Waals surface area contributed by atoms with E-state index in [0.29, 0.717) is 5.56 Å². The molecule has 0 aliphatic heterocycles. The Morgan fingerprint density at radius 2 is 1.31 bits per heavy atom. The van der Waals surface area contributed by atoms with Gasteiger partial charge in [0.15, 0.2) is 5.78 Å². The predicted molar refractivity (Wildman–Crippen MR) is 68.8 cm³/mol. The van der Waals surface area contributed by atoms with Gasteiger partial charge in [-0.15, -0.1) is 0 Å². The van der Waals surface area contributed by atoms with Crippen LogP contribution in [0.15, 0.2) is 53.0 Å². The Labute approximate surface area is 103 Å². The average molecular weight is 275 g/mol. The molecule has 0 saturated carbocycles. The molecule has 0 heterocycles. The van der Waals surface area contributed by atoms with Crippen molar-refractivity contribution < 1.29 is 4.79 Å². The Morgan fingerprint density at radius 1 is 0.875 bits per heavy atom. The highest BCUT2D eigenvalue weighted by molar-refractivity contribution is 9.10. The summed E-state index contributed by atoms with van der Waals surface area (Å²) in [5, 5.41) is 0. The van der Waals surface area contributed by atoms with E-state index in [1.54, 1.807) is 0 Å². The minimum absolute atomic E-state index is 0.0625. The lowest BCUT2D eigenvalue weighted by Crippen LogP contribution is -2.00. The lowest BCUT2D eigenvalue weighted by molar-refractivity contribution is 0.103. The second-order valence-electron chi connectivity index (χ2n) is 3.70. The van der Waals surface area contributed by atoms with Gasteiger partial charge in [-0.25, -0.2) is 0 Å². The van der Waals surface area contributed by atoms with Crippen LogP contribution in [0.1, 0.15) is 21.5 Å². The van der Waals surface area contributed by atoms with E-state index in [0.717, 1.165) is 15.6 Å². The van der Waals surface area contributed by atoms with Crippen molar-refractivity contribution in [3.05, 3.63) is 69.7 Å². The molecule has 0 amide bonds. The number of rotatable bonds is 2.